The highest BCUT2D eigenvalue weighted by molar-refractivity contribution is 8.00. The van der Waals surface area contributed by atoms with Crippen molar-refractivity contribution in [3.05, 3.63) is 72.3 Å². The minimum atomic E-state index is -0.424. The SMILES string of the molecule is OCCCC[C@H](O)[C@@H](/C=C\c1ccccc1)Sc1ccccc1. The second-order valence-electron chi connectivity index (χ2n) is 5.45. The summed E-state index contributed by atoms with van der Waals surface area (Å²) in [6, 6.07) is 20.3. The van der Waals surface area contributed by atoms with E-state index in [-0.39, 0.29) is 11.9 Å². The minimum Gasteiger partial charge on any atom is -0.396 e. The molecule has 2 aromatic carbocycles. The fraction of sp³-hybridized carbons (Fsp3) is 0.300. The average Bonchev–Trinajstić information content (AvgIpc) is 2.60. The normalized spacial score (nSPS) is 14.0. The van der Waals surface area contributed by atoms with Crippen LogP contribution in [0.1, 0.15) is 24.8 Å². The van der Waals surface area contributed by atoms with Crippen LogP contribution in [0.25, 0.3) is 6.08 Å². The first-order valence-corrected chi connectivity index (χ1v) is 8.91. The molecule has 0 aliphatic carbocycles. The third-order valence-corrected chi connectivity index (χ3v) is 4.87. The van der Waals surface area contributed by atoms with Crippen LogP contribution >= 0.6 is 11.8 Å². The lowest BCUT2D eigenvalue weighted by molar-refractivity contribution is 0.165. The van der Waals surface area contributed by atoms with E-state index in [2.05, 4.69) is 36.4 Å². The van der Waals surface area contributed by atoms with Gasteiger partial charge in [0.15, 0.2) is 0 Å². The summed E-state index contributed by atoms with van der Waals surface area (Å²) in [5.41, 5.74) is 1.13. The van der Waals surface area contributed by atoms with Gasteiger partial charge in [-0.15, -0.1) is 11.8 Å². The number of aliphatic hydroxyl groups excluding tert-OH is 2. The molecule has 23 heavy (non-hydrogen) atoms. The molecule has 0 aliphatic heterocycles. The third-order valence-electron chi connectivity index (χ3n) is 3.58. The van der Waals surface area contributed by atoms with Gasteiger partial charge in [0.2, 0.25) is 0 Å². The van der Waals surface area contributed by atoms with Crippen LogP contribution in [-0.4, -0.2) is 28.2 Å². The molecule has 0 radical (unpaired) electrons. The molecule has 2 atom stereocenters. The number of unbranched alkanes of at least 4 members (excludes halogenated alkanes) is 1. The second kappa shape index (κ2) is 10.3. The van der Waals surface area contributed by atoms with Crippen LogP contribution in [0.5, 0.6) is 0 Å². The molecule has 0 unspecified atom stereocenters. The first-order valence-electron chi connectivity index (χ1n) is 8.03. The molecule has 0 fully saturated rings. The predicted molar refractivity (Wildman–Crippen MR) is 98.5 cm³/mol. The van der Waals surface area contributed by atoms with E-state index >= 15 is 0 Å². The summed E-state index contributed by atoms with van der Waals surface area (Å²) >= 11 is 1.67. The lowest BCUT2D eigenvalue weighted by Gasteiger charge is -2.19. The average molecular weight is 328 g/mol. The number of benzene rings is 2. The summed E-state index contributed by atoms with van der Waals surface area (Å²) in [5, 5.41) is 19.4. The van der Waals surface area contributed by atoms with Crippen LogP contribution in [0.2, 0.25) is 0 Å². The standard InChI is InChI=1S/C20H24O2S/c21-16-8-7-13-19(22)20(23-18-11-5-2-6-12-18)15-14-17-9-3-1-4-10-17/h1-6,9-12,14-15,19-22H,7-8,13,16H2/b15-14-/t19-,20+/m0/s1. The van der Waals surface area contributed by atoms with Gasteiger partial charge in [0.05, 0.1) is 11.4 Å². The van der Waals surface area contributed by atoms with Crippen molar-refractivity contribution in [3.63, 3.8) is 0 Å². The van der Waals surface area contributed by atoms with Crippen LogP contribution < -0.4 is 0 Å². The van der Waals surface area contributed by atoms with Crippen molar-refractivity contribution in [1.29, 1.82) is 0 Å². The maximum absolute atomic E-state index is 10.5. The van der Waals surface area contributed by atoms with Gasteiger partial charge in [-0.2, -0.15) is 0 Å². The molecule has 122 valence electrons. The Labute approximate surface area is 142 Å². The van der Waals surface area contributed by atoms with Crippen molar-refractivity contribution >= 4 is 17.8 Å². The molecule has 3 heteroatoms. The van der Waals surface area contributed by atoms with Gasteiger partial charge in [-0.25, -0.2) is 0 Å². The van der Waals surface area contributed by atoms with E-state index in [1.165, 1.54) is 0 Å². The molecule has 2 aromatic rings. The van der Waals surface area contributed by atoms with Crippen LogP contribution in [0.4, 0.5) is 0 Å². The van der Waals surface area contributed by atoms with Gasteiger partial charge in [-0.3, -0.25) is 0 Å². The molecule has 2 nitrogen and oxygen atoms in total. The Morgan fingerprint density at radius 2 is 1.57 bits per heavy atom. The smallest absolute Gasteiger partial charge is 0.0697 e. The molecule has 0 heterocycles. The topological polar surface area (TPSA) is 40.5 Å². The van der Waals surface area contributed by atoms with Crippen LogP contribution in [0, 0.1) is 0 Å². The van der Waals surface area contributed by atoms with E-state index in [1.54, 1.807) is 11.8 Å². The molecule has 2 N–H and O–H groups in total. The molecule has 0 bridgehead atoms. The molecular formula is C20H24O2S. The monoisotopic (exact) mass is 328 g/mol. The number of thioether (sulfide) groups is 1. The summed E-state index contributed by atoms with van der Waals surface area (Å²) in [6.45, 7) is 0.184. The molecule has 0 saturated heterocycles. The van der Waals surface area contributed by atoms with Crippen molar-refractivity contribution in [2.75, 3.05) is 6.61 Å². The predicted octanol–water partition coefficient (Wildman–Crippen LogP) is 4.38. The van der Waals surface area contributed by atoms with Crippen LogP contribution in [-0.2, 0) is 0 Å². The van der Waals surface area contributed by atoms with E-state index < -0.39 is 6.10 Å². The van der Waals surface area contributed by atoms with Crippen LogP contribution in [0.3, 0.4) is 0 Å². The van der Waals surface area contributed by atoms with Gasteiger partial charge < -0.3 is 10.2 Å². The van der Waals surface area contributed by atoms with Gasteiger partial charge in [0.25, 0.3) is 0 Å². The maximum Gasteiger partial charge on any atom is 0.0697 e. The molecule has 0 aliphatic rings. The lowest BCUT2D eigenvalue weighted by Crippen LogP contribution is -2.21. The zero-order chi connectivity index (χ0) is 16.3. The van der Waals surface area contributed by atoms with E-state index in [0.717, 1.165) is 23.3 Å². The number of aliphatic hydroxyl groups is 2. The zero-order valence-electron chi connectivity index (χ0n) is 13.2. The van der Waals surface area contributed by atoms with E-state index in [4.69, 9.17) is 5.11 Å². The Morgan fingerprint density at radius 3 is 2.22 bits per heavy atom. The highest BCUT2D eigenvalue weighted by atomic mass is 32.2. The van der Waals surface area contributed by atoms with Gasteiger partial charge in [-0.05, 0) is 37.0 Å². The Morgan fingerprint density at radius 1 is 0.913 bits per heavy atom. The van der Waals surface area contributed by atoms with Gasteiger partial charge in [-0.1, -0.05) is 60.7 Å². The molecule has 2 rings (SSSR count). The summed E-state index contributed by atoms with van der Waals surface area (Å²) in [5.74, 6) is 0. The van der Waals surface area contributed by atoms with Crippen molar-refractivity contribution in [3.8, 4) is 0 Å². The van der Waals surface area contributed by atoms with Crippen molar-refractivity contribution in [1.82, 2.24) is 0 Å². The first kappa shape index (κ1) is 17.8. The Balaban J connectivity index is 2.05. The van der Waals surface area contributed by atoms with E-state index in [1.807, 2.05) is 36.4 Å². The van der Waals surface area contributed by atoms with Crippen molar-refractivity contribution < 1.29 is 10.2 Å². The van der Waals surface area contributed by atoms with E-state index in [0.29, 0.717) is 6.42 Å². The number of hydrogen-bond donors (Lipinski definition) is 2. The fourth-order valence-corrected chi connectivity index (χ4v) is 3.38. The van der Waals surface area contributed by atoms with Crippen molar-refractivity contribution in [2.45, 2.75) is 35.5 Å². The number of rotatable bonds is 9. The zero-order valence-corrected chi connectivity index (χ0v) is 14.0. The van der Waals surface area contributed by atoms with Gasteiger partial charge >= 0.3 is 0 Å². The van der Waals surface area contributed by atoms with Gasteiger partial charge in [0, 0.05) is 11.5 Å². The quantitative estimate of drug-likeness (QED) is 0.530. The molecule has 0 aromatic heterocycles. The minimum absolute atomic E-state index is 0.00343. The maximum atomic E-state index is 10.5. The lowest BCUT2D eigenvalue weighted by atomic mass is 10.1. The molecule has 0 saturated carbocycles. The fourth-order valence-electron chi connectivity index (χ4n) is 2.30. The number of hydrogen-bond acceptors (Lipinski definition) is 3. The van der Waals surface area contributed by atoms with E-state index in [9.17, 15) is 5.11 Å². The highest BCUT2D eigenvalue weighted by Crippen LogP contribution is 2.28. The Bertz CT molecular complexity index is 569. The third kappa shape index (κ3) is 6.61. The van der Waals surface area contributed by atoms with Crippen LogP contribution in [0.15, 0.2) is 71.6 Å². The molecular weight excluding hydrogens is 304 g/mol. The van der Waals surface area contributed by atoms with Crippen molar-refractivity contribution in [2.24, 2.45) is 0 Å². The Kier molecular flexibility index (Phi) is 7.95. The molecule has 0 spiro atoms. The summed E-state index contributed by atoms with van der Waals surface area (Å²) in [4.78, 5) is 1.15. The summed E-state index contributed by atoms with van der Waals surface area (Å²) in [6.07, 6.45) is 5.99. The largest absolute Gasteiger partial charge is 0.396 e. The van der Waals surface area contributed by atoms with Gasteiger partial charge in [0.1, 0.15) is 0 Å². The summed E-state index contributed by atoms with van der Waals surface area (Å²) in [7, 11) is 0. The molecule has 0 amide bonds. The second-order valence-corrected chi connectivity index (χ2v) is 6.70. The summed E-state index contributed by atoms with van der Waals surface area (Å²) < 4.78 is 0. The Hall–Kier alpha value is -1.55. The highest BCUT2D eigenvalue weighted by Gasteiger charge is 2.17. The first-order chi connectivity index (χ1) is 11.3.